The first-order valence-corrected chi connectivity index (χ1v) is 23.7. The molecule has 0 aliphatic carbocycles. The zero-order valence-corrected chi connectivity index (χ0v) is 40.2. The number of aliphatic carboxylic acids is 1. The zero-order valence-electron chi connectivity index (χ0n) is 38.5. The van der Waals surface area contributed by atoms with Crippen LogP contribution < -0.4 is 54.0 Å². The lowest BCUT2D eigenvalue weighted by Crippen LogP contribution is -2.60. The molecular weight excluding hydrogens is 945 g/mol. The van der Waals surface area contributed by atoms with Crippen molar-refractivity contribution < 1.29 is 43.5 Å². The highest BCUT2D eigenvalue weighted by atomic mass is 32.1. The number of nitrogens with two attached hydrogens (primary N) is 2. The summed E-state index contributed by atoms with van der Waals surface area (Å²) < 4.78 is 0. The average molecular weight is 1010 g/mol. The van der Waals surface area contributed by atoms with Crippen molar-refractivity contribution >= 4 is 89.4 Å². The monoisotopic (exact) mass is 1010 g/mol. The van der Waals surface area contributed by atoms with Crippen molar-refractivity contribution in [2.24, 2.45) is 11.5 Å². The van der Waals surface area contributed by atoms with Gasteiger partial charge in [0, 0.05) is 73.6 Å². The van der Waals surface area contributed by atoms with Gasteiger partial charge in [0.25, 0.3) is 0 Å². The van der Waals surface area contributed by atoms with Gasteiger partial charge < -0.3 is 69.1 Å². The number of carbonyl (C=O) groups is 8. The fourth-order valence-electron chi connectivity index (χ4n) is 7.03. The van der Waals surface area contributed by atoms with Crippen LogP contribution in [0.25, 0.3) is 10.9 Å². The number of amides is 7. The third-order valence-electron chi connectivity index (χ3n) is 10.8. The van der Waals surface area contributed by atoms with Crippen LogP contribution in [0.3, 0.4) is 0 Å². The molecule has 16 N–H and O–H groups in total. The van der Waals surface area contributed by atoms with E-state index in [1.165, 1.54) is 19.4 Å². The maximum atomic E-state index is 14.5. The molecule has 0 unspecified atom stereocenters. The van der Waals surface area contributed by atoms with E-state index in [1.807, 2.05) is 24.3 Å². The number of aromatic amines is 2. The fraction of sp³-hybridized carbons (Fsp3) is 0.422. The van der Waals surface area contributed by atoms with E-state index in [4.69, 9.17) is 16.9 Å². The Morgan fingerprint density at radius 3 is 1.94 bits per heavy atom. The molecule has 0 saturated heterocycles. The molecule has 4 aromatic rings. The van der Waals surface area contributed by atoms with Crippen LogP contribution in [0.1, 0.15) is 49.4 Å². The Morgan fingerprint density at radius 2 is 1.30 bits per heavy atom. The molecule has 2 aromatic carbocycles. The molecule has 7 atom stereocenters. The van der Waals surface area contributed by atoms with Crippen molar-refractivity contribution in [1.29, 1.82) is 5.41 Å². The summed E-state index contributed by atoms with van der Waals surface area (Å²) in [5, 5.41) is 38.8. The number of hydrogen-bond donors (Lipinski definition) is 16. The number of para-hydroxylation sites is 1. The lowest BCUT2D eigenvalue weighted by molar-refractivity contribution is -0.141. The van der Waals surface area contributed by atoms with Crippen LogP contribution in [0.4, 0.5) is 0 Å². The molecule has 0 bridgehead atoms. The maximum Gasteiger partial charge on any atom is 0.327 e. The van der Waals surface area contributed by atoms with Crippen molar-refractivity contribution in [2.75, 3.05) is 24.6 Å². The standard InChI is InChI=1S/C45H62N14O9S2/c1-25(54-39(62)30(46)22-69)38(61)57-35(19-28-21-49-24-53-28)43(66)58-33(17-26-9-3-2-4-10-26)42(65)56-32(13-7-16-51-45(47)48)41(64)59-34(18-27-20-52-31-12-6-5-11-29(27)31)40(63)50-15-8-14-37(60)55-36(23-70)44(67)68/h2-6,9-12,20-21,24-25,30,32-36,52,69-70H,7-8,13-19,22-23,46H2,1H3,(H,49,53)(H,50,63)(H,54,62)(H,55,60)(H,56,65)(H,57,61)(H,58,66)(H,59,64)(H,67,68)(H4,47,48,51)/t25-,30+,32+,33-,34+,35+,36+/m1/s1. The van der Waals surface area contributed by atoms with Gasteiger partial charge in [-0.05, 0) is 43.4 Å². The van der Waals surface area contributed by atoms with Gasteiger partial charge in [0.05, 0.1) is 18.1 Å². The van der Waals surface area contributed by atoms with Gasteiger partial charge in [0.1, 0.15) is 36.3 Å². The van der Waals surface area contributed by atoms with E-state index in [9.17, 15) is 43.5 Å². The van der Waals surface area contributed by atoms with Crippen LogP contribution in [-0.4, -0.2) is 140 Å². The third-order valence-corrected chi connectivity index (χ3v) is 11.6. The van der Waals surface area contributed by atoms with E-state index < -0.39 is 89.6 Å². The molecule has 23 nitrogen and oxygen atoms in total. The minimum atomic E-state index is -1.34. The highest BCUT2D eigenvalue weighted by Crippen LogP contribution is 2.19. The van der Waals surface area contributed by atoms with Gasteiger partial charge in [0.2, 0.25) is 41.4 Å². The van der Waals surface area contributed by atoms with Gasteiger partial charge in [-0.1, -0.05) is 48.5 Å². The van der Waals surface area contributed by atoms with E-state index in [2.05, 4.69) is 82.7 Å². The third kappa shape index (κ3) is 18.1. The lowest BCUT2D eigenvalue weighted by atomic mass is 10.0. The smallest absolute Gasteiger partial charge is 0.327 e. The number of fused-ring (bicyclic) bond motifs is 1. The number of benzene rings is 2. The van der Waals surface area contributed by atoms with E-state index in [1.54, 1.807) is 36.5 Å². The molecule has 2 heterocycles. The zero-order chi connectivity index (χ0) is 51.2. The van der Waals surface area contributed by atoms with E-state index >= 15 is 0 Å². The van der Waals surface area contributed by atoms with Crippen LogP contribution in [-0.2, 0) is 57.6 Å². The number of guanidine groups is 1. The number of H-pyrrole nitrogens is 2. The number of carboxylic acids is 1. The molecule has 70 heavy (non-hydrogen) atoms. The van der Waals surface area contributed by atoms with Crippen molar-refractivity contribution in [2.45, 2.75) is 94.2 Å². The van der Waals surface area contributed by atoms with Crippen molar-refractivity contribution in [1.82, 2.24) is 57.5 Å². The number of thiol groups is 2. The predicted octanol–water partition coefficient (Wildman–Crippen LogP) is -1.72. The molecule has 0 fully saturated rings. The average Bonchev–Trinajstić information content (AvgIpc) is 4.02. The maximum absolute atomic E-state index is 14.5. The van der Waals surface area contributed by atoms with Gasteiger partial charge in [-0.3, -0.25) is 39.0 Å². The number of hydrogen-bond acceptors (Lipinski definition) is 13. The molecule has 0 saturated carbocycles. The van der Waals surface area contributed by atoms with E-state index in [-0.39, 0.29) is 75.5 Å². The summed E-state index contributed by atoms with van der Waals surface area (Å²) in [6.45, 7) is 1.54. The van der Waals surface area contributed by atoms with Gasteiger partial charge in [-0.25, -0.2) is 9.78 Å². The van der Waals surface area contributed by atoms with Gasteiger partial charge in [-0.15, -0.1) is 0 Å². The molecule has 7 amide bonds. The van der Waals surface area contributed by atoms with Gasteiger partial charge >= 0.3 is 5.97 Å². The van der Waals surface area contributed by atoms with Crippen molar-refractivity contribution in [3.63, 3.8) is 0 Å². The van der Waals surface area contributed by atoms with Crippen LogP contribution >= 0.6 is 25.3 Å². The van der Waals surface area contributed by atoms with Gasteiger partial charge in [-0.2, -0.15) is 25.3 Å². The predicted molar refractivity (Wildman–Crippen MR) is 266 cm³/mol. The summed E-state index contributed by atoms with van der Waals surface area (Å²) in [6.07, 6.45) is 4.63. The molecule has 0 aliphatic heterocycles. The number of aromatic nitrogens is 3. The molecule has 25 heteroatoms. The summed E-state index contributed by atoms with van der Waals surface area (Å²) in [4.78, 5) is 117. The number of rotatable bonds is 29. The van der Waals surface area contributed by atoms with E-state index in [0.29, 0.717) is 16.8 Å². The SMILES string of the molecule is C[C@@H](NC(=O)[C@@H](N)CS)C(=O)N[C@@H](Cc1c[nH]cn1)C(=O)N[C@H](Cc1ccccc1)C(=O)N[C@@H](CCCNC(=N)N)C(=O)N[C@@H](Cc1c[nH]c2ccccc12)C(=O)NCCCC(=O)N[C@@H](CS)C(=O)O. The molecule has 2 aromatic heterocycles. The highest BCUT2D eigenvalue weighted by molar-refractivity contribution is 7.80. The number of nitrogens with one attached hydrogen (secondary N) is 11. The summed E-state index contributed by atoms with van der Waals surface area (Å²) >= 11 is 7.98. The summed E-state index contributed by atoms with van der Waals surface area (Å²) in [5.41, 5.74) is 13.8. The Kier molecular flexibility index (Phi) is 22.5. The Bertz CT molecular complexity index is 2410. The van der Waals surface area contributed by atoms with Crippen LogP contribution in [0, 0.1) is 5.41 Å². The largest absolute Gasteiger partial charge is 0.480 e. The molecule has 378 valence electrons. The van der Waals surface area contributed by atoms with Crippen LogP contribution in [0.5, 0.6) is 0 Å². The molecule has 0 aliphatic rings. The lowest BCUT2D eigenvalue weighted by Gasteiger charge is -2.27. The number of carbonyl (C=O) groups excluding carboxylic acids is 7. The minimum absolute atomic E-state index is 0.00302. The quantitative estimate of drug-likeness (QED) is 0.0125. The Balaban J connectivity index is 1.59. The fourth-order valence-corrected chi connectivity index (χ4v) is 7.44. The first-order valence-electron chi connectivity index (χ1n) is 22.4. The Morgan fingerprint density at radius 1 is 0.686 bits per heavy atom. The second-order valence-corrected chi connectivity index (χ2v) is 17.0. The number of carboxylic acid groups (broad SMARTS) is 1. The van der Waals surface area contributed by atoms with Crippen LogP contribution in [0.2, 0.25) is 0 Å². The van der Waals surface area contributed by atoms with Crippen molar-refractivity contribution in [3.8, 4) is 0 Å². The van der Waals surface area contributed by atoms with Crippen molar-refractivity contribution in [3.05, 3.63) is 90.1 Å². The van der Waals surface area contributed by atoms with E-state index in [0.717, 1.165) is 10.9 Å². The number of imidazole rings is 1. The van der Waals surface area contributed by atoms with Gasteiger partial charge in [0.15, 0.2) is 5.96 Å². The first-order chi connectivity index (χ1) is 33.5. The Hall–Kier alpha value is -7.12. The van der Waals surface area contributed by atoms with Crippen LogP contribution in [0.15, 0.2) is 73.3 Å². The summed E-state index contributed by atoms with van der Waals surface area (Å²) in [6, 6.07) is 7.59. The Labute approximate surface area is 414 Å². The second-order valence-electron chi connectivity index (χ2n) is 16.3. The molecule has 0 spiro atoms. The summed E-state index contributed by atoms with van der Waals surface area (Å²) in [5.74, 6) is -6.52. The molecular formula is C45H62N14O9S2. The first kappa shape index (κ1) is 55.5. The normalized spacial score (nSPS) is 14.0. The topological polar surface area (TPSA) is 373 Å². The second kappa shape index (κ2) is 28.4. The molecule has 4 rings (SSSR count). The minimum Gasteiger partial charge on any atom is -0.480 e. The highest BCUT2D eigenvalue weighted by Gasteiger charge is 2.33. The summed E-state index contributed by atoms with van der Waals surface area (Å²) in [7, 11) is 0. The molecule has 0 radical (unpaired) electrons. The number of nitrogens with zero attached hydrogens (tertiary/aromatic N) is 1.